The van der Waals surface area contributed by atoms with Crippen LogP contribution < -0.4 is 16.4 Å². The van der Waals surface area contributed by atoms with E-state index in [1.54, 1.807) is 36.5 Å². The number of halogens is 3. The Kier molecular flexibility index (Phi) is 4.53. The fourth-order valence-electron chi connectivity index (χ4n) is 2.29. The van der Waals surface area contributed by atoms with Crippen LogP contribution in [0.4, 0.5) is 35.2 Å². The standard InChI is InChI=1S/C17H14F3N5O/c18-17(19,20)13-2-1-3-14(24-13)25-16(26)23-11-6-4-10(5-7-11)15-12(21)8-9-22-15/h1-9,22H,21H2,(H2,23,24,25,26). The number of hydrogen-bond acceptors (Lipinski definition) is 3. The summed E-state index contributed by atoms with van der Waals surface area (Å²) < 4.78 is 37.9. The van der Waals surface area contributed by atoms with Crippen LogP contribution in [0.5, 0.6) is 0 Å². The van der Waals surface area contributed by atoms with E-state index in [0.29, 0.717) is 11.4 Å². The van der Waals surface area contributed by atoms with Crippen LogP contribution in [0, 0.1) is 0 Å². The lowest BCUT2D eigenvalue weighted by Gasteiger charge is -2.10. The number of alkyl halides is 3. The lowest BCUT2D eigenvalue weighted by molar-refractivity contribution is -0.141. The molecule has 2 heterocycles. The molecule has 5 N–H and O–H groups in total. The number of nitrogens with zero attached hydrogens (tertiary/aromatic N) is 1. The molecule has 0 aliphatic carbocycles. The van der Waals surface area contributed by atoms with Crippen LogP contribution in [-0.2, 0) is 6.18 Å². The van der Waals surface area contributed by atoms with Gasteiger partial charge in [-0.15, -0.1) is 0 Å². The van der Waals surface area contributed by atoms with E-state index in [1.165, 1.54) is 12.1 Å². The molecule has 134 valence electrons. The number of rotatable bonds is 3. The number of carbonyl (C=O) groups is 1. The number of carbonyl (C=O) groups excluding carboxylic acids is 1. The Morgan fingerprint density at radius 2 is 1.77 bits per heavy atom. The van der Waals surface area contributed by atoms with Crippen molar-refractivity contribution in [2.24, 2.45) is 0 Å². The van der Waals surface area contributed by atoms with E-state index in [-0.39, 0.29) is 5.82 Å². The zero-order chi connectivity index (χ0) is 18.7. The number of pyridine rings is 1. The first-order valence-corrected chi connectivity index (χ1v) is 7.48. The first-order chi connectivity index (χ1) is 12.3. The molecule has 26 heavy (non-hydrogen) atoms. The lowest BCUT2D eigenvalue weighted by Crippen LogP contribution is -2.21. The minimum absolute atomic E-state index is 0.201. The van der Waals surface area contributed by atoms with Gasteiger partial charge in [-0.25, -0.2) is 9.78 Å². The highest BCUT2D eigenvalue weighted by molar-refractivity contribution is 5.99. The van der Waals surface area contributed by atoms with Crippen molar-refractivity contribution in [3.63, 3.8) is 0 Å². The van der Waals surface area contributed by atoms with Crippen LogP contribution in [0.15, 0.2) is 54.7 Å². The van der Waals surface area contributed by atoms with Crippen LogP contribution >= 0.6 is 0 Å². The Balaban J connectivity index is 1.66. The second-order valence-electron chi connectivity index (χ2n) is 5.37. The number of hydrogen-bond donors (Lipinski definition) is 4. The fraction of sp³-hybridized carbons (Fsp3) is 0.0588. The van der Waals surface area contributed by atoms with Gasteiger partial charge in [-0.05, 0) is 30.3 Å². The molecule has 0 radical (unpaired) electrons. The zero-order valence-electron chi connectivity index (χ0n) is 13.3. The summed E-state index contributed by atoms with van der Waals surface area (Å²) in [5.41, 5.74) is 7.39. The van der Waals surface area contributed by atoms with E-state index in [0.717, 1.165) is 17.3 Å². The second kappa shape index (κ2) is 6.79. The van der Waals surface area contributed by atoms with Gasteiger partial charge in [0.1, 0.15) is 11.5 Å². The van der Waals surface area contributed by atoms with Gasteiger partial charge in [0.2, 0.25) is 0 Å². The van der Waals surface area contributed by atoms with Crippen molar-refractivity contribution in [1.29, 1.82) is 0 Å². The number of anilines is 3. The Hall–Kier alpha value is -3.49. The van der Waals surface area contributed by atoms with Crippen molar-refractivity contribution in [3.8, 4) is 11.3 Å². The third kappa shape index (κ3) is 3.94. The highest BCUT2D eigenvalue weighted by Crippen LogP contribution is 2.28. The molecule has 3 aromatic rings. The molecule has 0 unspecified atom stereocenters. The lowest BCUT2D eigenvalue weighted by atomic mass is 10.1. The zero-order valence-corrected chi connectivity index (χ0v) is 13.3. The summed E-state index contributed by atoms with van der Waals surface area (Å²) in [7, 11) is 0. The summed E-state index contributed by atoms with van der Waals surface area (Å²) in [6, 6.07) is 11.1. The number of benzene rings is 1. The molecule has 0 fully saturated rings. The Bertz CT molecular complexity index is 919. The molecular formula is C17H14F3N5O. The quantitative estimate of drug-likeness (QED) is 0.559. The van der Waals surface area contributed by atoms with Gasteiger partial charge in [-0.2, -0.15) is 13.2 Å². The van der Waals surface area contributed by atoms with Crippen molar-refractivity contribution in [3.05, 3.63) is 60.4 Å². The second-order valence-corrected chi connectivity index (χ2v) is 5.37. The Morgan fingerprint density at radius 3 is 2.38 bits per heavy atom. The molecule has 0 spiro atoms. The van der Waals surface area contributed by atoms with Gasteiger partial charge in [0.15, 0.2) is 0 Å². The molecule has 0 atom stereocenters. The first-order valence-electron chi connectivity index (χ1n) is 7.48. The molecule has 2 aromatic heterocycles. The average Bonchev–Trinajstić information content (AvgIpc) is 3.01. The summed E-state index contributed by atoms with van der Waals surface area (Å²) in [5.74, 6) is -0.201. The Labute approximate surface area is 146 Å². The van der Waals surface area contributed by atoms with Crippen molar-refractivity contribution in [1.82, 2.24) is 9.97 Å². The number of urea groups is 1. The molecule has 0 saturated carbocycles. The maximum atomic E-state index is 12.6. The summed E-state index contributed by atoms with van der Waals surface area (Å²) in [4.78, 5) is 18.3. The topological polar surface area (TPSA) is 95.8 Å². The number of aromatic amines is 1. The highest BCUT2D eigenvalue weighted by Gasteiger charge is 2.32. The smallest absolute Gasteiger partial charge is 0.397 e. The van der Waals surface area contributed by atoms with Crippen LogP contribution in [-0.4, -0.2) is 16.0 Å². The van der Waals surface area contributed by atoms with Crippen LogP contribution in [0.25, 0.3) is 11.3 Å². The molecule has 0 bridgehead atoms. The predicted molar refractivity (Wildman–Crippen MR) is 92.5 cm³/mol. The number of nitrogens with two attached hydrogens (primary N) is 1. The fourth-order valence-corrected chi connectivity index (χ4v) is 2.29. The monoisotopic (exact) mass is 361 g/mol. The van der Waals surface area contributed by atoms with Gasteiger partial charge in [-0.1, -0.05) is 18.2 Å². The normalized spacial score (nSPS) is 11.2. The van der Waals surface area contributed by atoms with Crippen LogP contribution in [0.2, 0.25) is 0 Å². The molecular weight excluding hydrogens is 347 g/mol. The van der Waals surface area contributed by atoms with Gasteiger partial charge < -0.3 is 16.0 Å². The van der Waals surface area contributed by atoms with Crippen molar-refractivity contribution >= 4 is 23.2 Å². The highest BCUT2D eigenvalue weighted by atomic mass is 19.4. The number of nitrogens with one attached hydrogen (secondary N) is 3. The van der Waals surface area contributed by atoms with Gasteiger partial charge in [0.25, 0.3) is 0 Å². The molecule has 0 aliphatic heterocycles. The van der Waals surface area contributed by atoms with Crippen molar-refractivity contribution in [2.45, 2.75) is 6.18 Å². The Morgan fingerprint density at radius 1 is 1.04 bits per heavy atom. The van der Waals surface area contributed by atoms with E-state index in [1.807, 2.05) is 0 Å². The molecule has 6 nitrogen and oxygen atoms in total. The molecule has 1 aromatic carbocycles. The van der Waals surface area contributed by atoms with E-state index < -0.39 is 17.9 Å². The van der Waals surface area contributed by atoms with Crippen LogP contribution in [0.1, 0.15) is 5.69 Å². The summed E-state index contributed by atoms with van der Waals surface area (Å²) >= 11 is 0. The molecule has 2 amide bonds. The van der Waals surface area contributed by atoms with E-state index >= 15 is 0 Å². The van der Waals surface area contributed by atoms with Gasteiger partial charge in [0, 0.05) is 17.4 Å². The third-order valence-electron chi connectivity index (χ3n) is 3.49. The summed E-state index contributed by atoms with van der Waals surface area (Å²) in [6.07, 6.45) is -2.87. The SMILES string of the molecule is Nc1cc[nH]c1-c1ccc(NC(=O)Nc2cccc(C(F)(F)F)n2)cc1. The van der Waals surface area contributed by atoms with E-state index in [2.05, 4.69) is 20.6 Å². The number of aromatic nitrogens is 2. The average molecular weight is 361 g/mol. The van der Waals surface area contributed by atoms with E-state index in [9.17, 15) is 18.0 Å². The third-order valence-corrected chi connectivity index (χ3v) is 3.49. The summed E-state index contributed by atoms with van der Waals surface area (Å²) in [6.45, 7) is 0. The number of H-pyrrole nitrogens is 1. The van der Waals surface area contributed by atoms with Gasteiger partial charge >= 0.3 is 12.2 Å². The first kappa shape index (κ1) is 17.3. The molecule has 0 aliphatic rings. The van der Waals surface area contributed by atoms with Crippen molar-refractivity contribution in [2.75, 3.05) is 16.4 Å². The summed E-state index contributed by atoms with van der Waals surface area (Å²) in [5, 5.41) is 4.79. The number of nitrogen functional groups attached to an aromatic ring is 1. The largest absolute Gasteiger partial charge is 0.433 e. The predicted octanol–water partition coefficient (Wildman–Crippen LogP) is 4.32. The van der Waals surface area contributed by atoms with Gasteiger partial charge in [-0.3, -0.25) is 5.32 Å². The number of amides is 2. The minimum atomic E-state index is -4.58. The maximum Gasteiger partial charge on any atom is 0.433 e. The van der Waals surface area contributed by atoms with Crippen LogP contribution in [0.3, 0.4) is 0 Å². The van der Waals surface area contributed by atoms with E-state index in [4.69, 9.17) is 5.73 Å². The molecule has 0 saturated heterocycles. The maximum absolute atomic E-state index is 12.6. The van der Waals surface area contributed by atoms with Gasteiger partial charge in [0.05, 0.1) is 11.4 Å². The molecule has 3 rings (SSSR count). The molecule has 9 heteroatoms. The van der Waals surface area contributed by atoms with Crippen molar-refractivity contribution < 1.29 is 18.0 Å². The minimum Gasteiger partial charge on any atom is -0.397 e.